The molecule has 1 atom stereocenters. The molecular formula is C18H18F3N3O3. The number of anilines is 2. The lowest BCUT2D eigenvalue weighted by Crippen LogP contribution is -2.31. The molecule has 4 N–H and O–H groups in total. The van der Waals surface area contributed by atoms with Crippen molar-refractivity contribution in [3.05, 3.63) is 54.1 Å². The van der Waals surface area contributed by atoms with Gasteiger partial charge < -0.3 is 21.1 Å². The van der Waals surface area contributed by atoms with Gasteiger partial charge in [0.25, 0.3) is 0 Å². The summed E-state index contributed by atoms with van der Waals surface area (Å²) < 4.78 is 41.0. The molecule has 0 aromatic heterocycles. The summed E-state index contributed by atoms with van der Waals surface area (Å²) in [6.07, 6.45) is -4.40. The fraction of sp³-hybridized carbons (Fsp3) is 0.222. The molecule has 0 heterocycles. The van der Waals surface area contributed by atoms with E-state index in [1.54, 1.807) is 19.1 Å². The molecule has 0 spiro atoms. The third-order valence-electron chi connectivity index (χ3n) is 3.47. The Kier molecular flexibility index (Phi) is 6.27. The standard InChI is InChI=1S/C18H18F3N3O3/c1-11(17(26)24-14-4-2-12(3-5-14)16(22)25)23-13-6-8-15(9-7-13)27-10-18(19,20)21/h2-9,11,23H,10H2,1H3,(H2,22,25)(H,24,26)/t11-/m1/s1. The number of primary amides is 1. The number of rotatable bonds is 7. The van der Waals surface area contributed by atoms with Crippen LogP contribution in [0.3, 0.4) is 0 Å². The molecule has 144 valence electrons. The van der Waals surface area contributed by atoms with E-state index < -0.39 is 24.7 Å². The molecule has 0 saturated carbocycles. The Balaban J connectivity index is 1.89. The lowest BCUT2D eigenvalue weighted by atomic mass is 10.2. The number of halogens is 3. The number of amides is 2. The molecule has 0 aliphatic heterocycles. The van der Waals surface area contributed by atoms with Crippen molar-refractivity contribution in [1.82, 2.24) is 0 Å². The van der Waals surface area contributed by atoms with Crippen LogP contribution in [-0.2, 0) is 4.79 Å². The Labute approximate surface area is 153 Å². The van der Waals surface area contributed by atoms with Crippen molar-refractivity contribution in [2.45, 2.75) is 19.1 Å². The Morgan fingerprint density at radius 1 is 1.04 bits per heavy atom. The first-order valence-corrected chi connectivity index (χ1v) is 7.91. The molecule has 9 heteroatoms. The lowest BCUT2D eigenvalue weighted by molar-refractivity contribution is -0.153. The van der Waals surface area contributed by atoms with E-state index in [0.29, 0.717) is 16.9 Å². The van der Waals surface area contributed by atoms with Crippen LogP contribution < -0.4 is 21.1 Å². The second kappa shape index (κ2) is 8.43. The van der Waals surface area contributed by atoms with Crippen molar-refractivity contribution >= 4 is 23.2 Å². The first-order chi connectivity index (χ1) is 12.6. The minimum Gasteiger partial charge on any atom is -0.484 e. The fourth-order valence-corrected chi connectivity index (χ4v) is 2.10. The predicted octanol–water partition coefficient (Wildman–Crippen LogP) is 3.17. The van der Waals surface area contributed by atoms with Gasteiger partial charge in [-0.1, -0.05) is 0 Å². The maximum atomic E-state index is 12.2. The van der Waals surface area contributed by atoms with Crippen LogP contribution in [0, 0.1) is 0 Å². The zero-order valence-corrected chi connectivity index (χ0v) is 14.3. The molecular weight excluding hydrogens is 363 g/mol. The normalized spacial score (nSPS) is 12.1. The van der Waals surface area contributed by atoms with Gasteiger partial charge in [0.05, 0.1) is 0 Å². The van der Waals surface area contributed by atoms with Crippen molar-refractivity contribution < 1.29 is 27.5 Å². The highest BCUT2D eigenvalue weighted by Crippen LogP contribution is 2.20. The van der Waals surface area contributed by atoms with Crippen LogP contribution in [0.1, 0.15) is 17.3 Å². The van der Waals surface area contributed by atoms with Gasteiger partial charge in [0.1, 0.15) is 11.8 Å². The van der Waals surface area contributed by atoms with Gasteiger partial charge in [-0.25, -0.2) is 0 Å². The monoisotopic (exact) mass is 381 g/mol. The van der Waals surface area contributed by atoms with Gasteiger partial charge in [-0.15, -0.1) is 0 Å². The third kappa shape index (κ3) is 6.53. The van der Waals surface area contributed by atoms with Crippen LogP contribution >= 0.6 is 0 Å². The molecule has 2 aromatic carbocycles. The van der Waals surface area contributed by atoms with Crippen LogP contribution in [-0.4, -0.2) is 30.6 Å². The SMILES string of the molecule is C[C@@H](Nc1ccc(OCC(F)(F)F)cc1)C(=O)Nc1ccc(C(N)=O)cc1. The minimum atomic E-state index is -4.40. The van der Waals surface area contributed by atoms with Crippen molar-refractivity contribution in [2.24, 2.45) is 5.73 Å². The van der Waals surface area contributed by atoms with E-state index in [1.165, 1.54) is 36.4 Å². The summed E-state index contributed by atoms with van der Waals surface area (Å²) in [6, 6.07) is 11.2. The summed E-state index contributed by atoms with van der Waals surface area (Å²) in [5.41, 5.74) is 6.51. The van der Waals surface area contributed by atoms with Gasteiger partial charge in [0, 0.05) is 16.9 Å². The number of carbonyl (C=O) groups is 2. The summed E-state index contributed by atoms with van der Waals surface area (Å²) in [7, 11) is 0. The van der Waals surface area contributed by atoms with Crippen LogP contribution in [0.2, 0.25) is 0 Å². The Morgan fingerprint density at radius 3 is 2.11 bits per heavy atom. The van der Waals surface area contributed by atoms with Crippen LogP contribution in [0.25, 0.3) is 0 Å². The van der Waals surface area contributed by atoms with E-state index in [1.807, 2.05) is 0 Å². The topological polar surface area (TPSA) is 93.4 Å². The minimum absolute atomic E-state index is 0.0736. The Bertz CT molecular complexity index is 790. The van der Waals surface area contributed by atoms with E-state index in [-0.39, 0.29) is 11.7 Å². The van der Waals surface area contributed by atoms with E-state index in [9.17, 15) is 22.8 Å². The van der Waals surface area contributed by atoms with E-state index in [2.05, 4.69) is 15.4 Å². The lowest BCUT2D eigenvalue weighted by Gasteiger charge is -2.16. The van der Waals surface area contributed by atoms with Crippen molar-refractivity contribution in [3.8, 4) is 5.75 Å². The second-order valence-corrected chi connectivity index (χ2v) is 5.73. The summed E-state index contributed by atoms with van der Waals surface area (Å²) in [6.45, 7) is 0.258. The largest absolute Gasteiger partial charge is 0.484 e. The molecule has 2 aromatic rings. The van der Waals surface area contributed by atoms with Crippen molar-refractivity contribution in [1.29, 1.82) is 0 Å². The summed E-state index contributed by atoms with van der Waals surface area (Å²) in [5.74, 6) is -0.825. The Hall–Kier alpha value is -3.23. The van der Waals surface area contributed by atoms with Crippen LogP contribution in [0.5, 0.6) is 5.75 Å². The predicted molar refractivity (Wildman–Crippen MR) is 94.7 cm³/mol. The molecule has 6 nitrogen and oxygen atoms in total. The van der Waals surface area contributed by atoms with Gasteiger partial charge in [0.2, 0.25) is 11.8 Å². The third-order valence-corrected chi connectivity index (χ3v) is 3.47. The number of nitrogens with two attached hydrogens (primary N) is 1. The molecule has 2 rings (SSSR count). The van der Waals surface area contributed by atoms with Crippen molar-refractivity contribution in [2.75, 3.05) is 17.2 Å². The molecule has 0 aliphatic rings. The zero-order valence-electron chi connectivity index (χ0n) is 14.3. The van der Waals surface area contributed by atoms with Gasteiger partial charge in [-0.2, -0.15) is 13.2 Å². The quantitative estimate of drug-likeness (QED) is 0.687. The number of hydrogen-bond acceptors (Lipinski definition) is 4. The van der Waals surface area contributed by atoms with Crippen molar-refractivity contribution in [3.63, 3.8) is 0 Å². The maximum Gasteiger partial charge on any atom is 0.422 e. The number of benzene rings is 2. The first kappa shape index (κ1) is 20.1. The molecule has 0 unspecified atom stereocenters. The number of carbonyl (C=O) groups excluding carboxylic acids is 2. The number of nitrogens with one attached hydrogen (secondary N) is 2. The zero-order chi connectivity index (χ0) is 20.0. The molecule has 0 aliphatic carbocycles. The smallest absolute Gasteiger partial charge is 0.422 e. The first-order valence-electron chi connectivity index (χ1n) is 7.91. The van der Waals surface area contributed by atoms with Gasteiger partial charge in [-0.05, 0) is 55.5 Å². The summed E-state index contributed by atoms with van der Waals surface area (Å²) in [5, 5.41) is 5.60. The van der Waals surface area contributed by atoms with Gasteiger partial charge in [0.15, 0.2) is 6.61 Å². The molecule has 0 radical (unpaired) electrons. The molecule has 2 amide bonds. The molecule has 0 saturated heterocycles. The van der Waals surface area contributed by atoms with E-state index >= 15 is 0 Å². The maximum absolute atomic E-state index is 12.2. The fourth-order valence-electron chi connectivity index (χ4n) is 2.10. The Morgan fingerprint density at radius 2 is 1.59 bits per heavy atom. The van der Waals surface area contributed by atoms with Crippen LogP contribution in [0.4, 0.5) is 24.5 Å². The van der Waals surface area contributed by atoms with E-state index in [4.69, 9.17) is 5.73 Å². The average molecular weight is 381 g/mol. The molecule has 27 heavy (non-hydrogen) atoms. The van der Waals surface area contributed by atoms with Gasteiger partial charge >= 0.3 is 6.18 Å². The van der Waals surface area contributed by atoms with E-state index in [0.717, 1.165) is 0 Å². The van der Waals surface area contributed by atoms with Gasteiger partial charge in [-0.3, -0.25) is 9.59 Å². The summed E-state index contributed by atoms with van der Waals surface area (Å²) >= 11 is 0. The highest BCUT2D eigenvalue weighted by Gasteiger charge is 2.28. The highest BCUT2D eigenvalue weighted by atomic mass is 19.4. The summed E-state index contributed by atoms with van der Waals surface area (Å²) in [4.78, 5) is 23.2. The van der Waals surface area contributed by atoms with Crippen LogP contribution in [0.15, 0.2) is 48.5 Å². The average Bonchev–Trinajstić information content (AvgIpc) is 2.61. The highest BCUT2D eigenvalue weighted by molar-refractivity contribution is 5.97. The number of alkyl halides is 3. The molecule has 0 bridgehead atoms. The number of hydrogen-bond donors (Lipinski definition) is 3. The molecule has 0 fully saturated rings. The second-order valence-electron chi connectivity index (χ2n) is 5.73. The number of ether oxygens (including phenoxy) is 1.